The summed E-state index contributed by atoms with van der Waals surface area (Å²) in [6, 6.07) is 0. The van der Waals surface area contributed by atoms with Crippen LogP contribution < -0.4 is 5.32 Å². The first kappa shape index (κ1) is 10.6. The first-order valence-corrected chi connectivity index (χ1v) is 5.97. The Morgan fingerprint density at radius 3 is 2.87 bits per heavy atom. The Morgan fingerprint density at radius 1 is 1.53 bits per heavy atom. The molecule has 1 N–H and O–H groups in total. The number of rotatable bonds is 2. The van der Waals surface area contributed by atoms with E-state index in [1.807, 2.05) is 6.92 Å². The average Bonchev–Trinajstić information content (AvgIpc) is 2.60. The van der Waals surface area contributed by atoms with Crippen LogP contribution in [0.4, 0.5) is 0 Å². The Balaban J connectivity index is 2.01. The van der Waals surface area contributed by atoms with Crippen molar-refractivity contribution in [1.82, 2.24) is 15.2 Å². The molecule has 1 aromatic heterocycles. The van der Waals surface area contributed by atoms with Crippen LogP contribution in [0.1, 0.15) is 15.6 Å². The molecule has 1 fully saturated rings. The van der Waals surface area contributed by atoms with Gasteiger partial charge in [0.05, 0.1) is 6.54 Å². The molecule has 3 nitrogen and oxygen atoms in total. The van der Waals surface area contributed by atoms with Crippen molar-refractivity contribution < 1.29 is 0 Å². The largest absolute Gasteiger partial charge is 0.314 e. The van der Waals surface area contributed by atoms with Crippen LogP contribution >= 0.6 is 11.3 Å². The summed E-state index contributed by atoms with van der Waals surface area (Å²) < 4.78 is 0. The summed E-state index contributed by atoms with van der Waals surface area (Å²) in [6.45, 7) is 7.33. The third-order valence-corrected chi connectivity index (χ3v) is 3.50. The number of thiazole rings is 1. The number of hydrogen-bond acceptors (Lipinski definition) is 4. The standard InChI is InChI=1S/C11H15N3S/c1-3-10-9(2)15-11(13-10)8-14-6-4-12-5-7-14/h1,12H,4-8H2,2H3. The van der Waals surface area contributed by atoms with Crippen molar-refractivity contribution >= 4 is 11.3 Å². The molecule has 2 rings (SSSR count). The smallest absolute Gasteiger partial charge is 0.127 e. The average molecular weight is 221 g/mol. The minimum Gasteiger partial charge on any atom is -0.314 e. The summed E-state index contributed by atoms with van der Waals surface area (Å²) in [5.41, 5.74) is 0.810. The zero-order valence-corrected chi connectivity index (χ0v) is 9.73. The first-order chi connectivity index (χ1) is 7.29. The highest BCUT2D eigenvalue weighted by Gasteiger charge is 2.13. The van der Waals surface area contributed by atoms with E-state index in [1.54, 1.807) is 11.3 Å². The number of aryl methyl sites for hydroxylation is 1. The van der Waals surface area contributed by atoms with Gasteiger partial charge >= 0.3 is 0 Å². The molecule has 0 aromatic carbocycles. The van der Waals surface area contributed by atoms with Crippen LogP contribution in [0.5, 0.6) is 0 Å². The van der Waals surface area contributed by atoms with Gasteiger partial charge in [-0.25, -0.2) is 4.98 Å². The van der Waals surface area contributed by atoms with Crippen molar-refractivity contribution in [3.63, 3.8) is 0 Å². The molecule has 15 heavy (non-hydrogen) atoms. The predicted molar refractivity (Wildman–Crippen MR) is 62.9 cm³/mol. The highest BCUT2D eigenvalue weighted by atomic mass is 32.1. The Kier molecular flexibility index (Phi) is 3.37. The molecule has 0 amide bonds. The monoisotopic (exact) mass is 221 g/mol. The fourth-order valence-corrected chi connectivity index (χ4v) is 2.65. The summed E-state index contributed by atoms with van der Waals surface area (Å²) in [6.07, 6.45) is 5.37. The second kappa shape index (κ2) is 4.75. The van der Waals surface area contributed by atoms with Crippen LogP contribution in [0.2, 0.25) is 0 Å². The lowest BCUT2D eigenvalue weighted by atomic mass is 10.3. The van der Waals surface area contributed by atoms with E-state index in [1.165, 1.54) is 0 Å². The number of nitrogens with zero attached hydrogens (tertiary/aromatic N) is 2. The molecular weight excluding hydrogens is 206 g/mol. The van der Waals surface area contributed by atoms with Gasteiger partial charge in [0.2, 0.25) is 0 Å². The molecule has 0 radical (unpaired) electrons. The van der Waals surface area contributed by atoms with Crippen LogP contribution in [0.3, 0.4) is 0 Å². The number of aromatic nitrogens is 1. The van der Waals surface area contributed by atoms with E-state index < -0.39 is 0 Å². The second-order valence-electron chi connectivity index (χ2n) is 3.68. The quantitative estimate of drug-likeness (QED) is 0.750. The lowest BCUT2D eigenvalue weighted by molar-refractivity contribution is 0.233. The Labute approximate surface area is 94.5 Å². The van der Waals surface area contributed by atoms with E-state index in [2.05, 4.69) is 21.1 Å². The van der Waals surface area contributed by atoms with Crippen LogP contribution in [0, 0.1) is 19.3 Å². The van der Waals surface area contributed by atoms with Gasteiger partial charge in [0.1, 0.15) is 10.7 Å². The minimum atomic E-state index is 0.810. The van der Waals surface area contributed by atoms with Crippen molar-refractivity contribution in [1.29, 1.82) is 0 Å². The van der Waals surface area contributed by atoms with Gasteiger partial charge in [-0.2, -0.15) is 0 Å². The zero-order valence-electron chi connectivity index (χ0n) is 8.92. The van der Waals surface area contributed by atoms with Crippen LogP contribution in [0.15, 0.2) is 0 Å². The topological polar surface area (TPSA) is 28.2 Å². The van der Waals surface area contributed by atoms with E-state index in [4.69, 9.17) is 6.42 Å². The van der Waals surface area contributed by atoms with Gasteiger partial charge in [0.25, 0.3) is 0 Å². The molecule has 0 bridgehead atoms. The lowest BCUT2D eigenvalue weighted by Crippen LogP contribution is -2.42. The summed E-state index contributed by atoms with van der Waals surface area (Å²) in [4.78, 5) is 8.01. The SMILES string of the molecule is C#Cc1nc(CN2CCNCC2)sc1C. The fourth-order valence-electron chi connectivity index (χ4n) is 1.71. The number of piperazine rings is 1. The molecule has 4 heteroatoms. The summed E-state index contributed by atoms with van der Waals surface area (Å²) in [5, 5.41) is 4.48. The third kappa shape index (κ3) is 2.57. The van der Waals surface area contributed by atoms with E-state index in [0.29, 0.717) is 0 Å². The van der Waals surface area contributed by atoms with Crippen molar-refractivity contribution in [3.8, 4) is 12.3 Å². The molecular formula is C11H15N3S. The number of terminal acetylenes is 1. The molecule has 0 unspecified atom stereocenters. The minimum absolute atomic E-state index is 0.810. The molecule has 2 heterocycles. The van der Waals surface area contributed by atoms with E-state index >= 15 is 0 Å². The Morgan fingerprint density at radius 2 is 2.27 bits per heavy atom. The van der Waals surface area contributed by atoms with Crippen molar-refractivity contribution in [3.05, 3.63) is 15.6 Å². The Bertz CT molecular complexity index is 372. The molecule has 1 aliphatic rings. The van der Waals surface area contributed by atoms with Crippen molar-refractivity contribution in [2.24, 2.45) is 0 Å². The van der Waals surface area contributed by atoms with Gasteiger partial charge in [-0.15, -0.1) is 17.8 Å². The summed E-state index contributed by atoms with van der Waals surface area (Å²) in [7, 11) is 0. The highest BCUT2D eigenvalue weighted by molar-refractivity contribution is 7.11. The normalized spacial score (nSPS) is 17.6. The number of nitrogens with one attached hydrogen (secondary N) is 1. The maximum atomic E-state index is 5.37. The fraction of sp³-hybridized carbons (Fsp3) is 0.545. The van der Waals surface area contributed by atoms with Gasteiger partial charge < -0.3 is 5.32 Å². The molecule has 1 aliphatic heterocycles. The lowest BCUT2D eigenvalue weighted by Gasteiger charge is -2.26. The number of hydrogen-bond donors (Lipinski definition) is 1. The molecule has 0 saturated carbocycles. The van der Waals surface area contributed by atoms with Crippen LogP contribution in [0.25, 0.3) is 0 Å². The molecule has 0 atom stereocenters. The maximum absolute atomic E-state index is 5.37. The third-order valence-electron chi connectivity index (χ3n) is 2.55. The summed E-state index contributed by atoms with van der Waals surface area (Å²) >= 11 is 1.72. The van der Waals surface area contributed by atoms with Crippen LogP contribution in [-0.2, 0) is 6.54 Å². The zero-order chi connectivity index (χ0) is 10.7. The molecule has 0 spiro atoms. The second-order valence-corrected chi connectivity index (χ2v) is 4.97. The van der Waals surface area contributed by atoms with E-state index in [-0.39, 0.29) is 0 Å². The van der Waals surface area contributed by atoms with Gasteiger partial charge in [0.15, 0.2) is 0 Å². The maximum Gasteiger partial charge on any atom is 0.127 e. The van der Waals surface area contributed by atoms with Gasteiger partial charge in [-0.1, -0.05) is 0 Å². The van der Waals surface area contributed by atoms with Crippen molar-refractivity contribution in [2.75, 3.05) is 26.2 Å². The van der Waals surface area contributed by atoms with Gasteiger partial charge in [-0.05, 0) is 12.8 Å². The first-order valence-electron chi connectivity index (χ1n) is 5.15. The predicted octanol–water partition coefficient (Wildman–Crippen LogP) is 0.838. The van der Waals surface area contributed by atoms with Gasteiger partial charge in [-0.3, -0.25) is 4.90 Å². The molecule has 1 saturated heterocycles. The van der Waals surface area contributed by atoms with Crippen molar-refractivity contribution in [2.45, 2.75) is 13.5 Å². The van der Waals surface area contributed by atoms with E-state index in [0.717, 1.165) is 48.3 Å². The Hall–Kier alpha value is -0.890. The molecule has 0 aliphatic carbocycles. The van der Waals surface area contributed by atoms with Crippen LogP contribution in [-0.4, -0.2) is 36.1 Å². The van der Waals surface area contributed by atoms with Gasteiger partial charge in [0, 0.05) is 31.1 Å². The highest BCUT2D eigenvalue weighted by Crippen LogP contribution is 2.18. The summed E-state index contributed by atoms with van der Waals surface area (Å²) in [5.74, 6) is 2.62. The molecule has 1 aromatic rings. The molecule has 80 valence electrons. The van der Waals surface area contributed by atoms with E-state index in [9.17, 15) is 0 Å².